The van der Waals surface area contributed by atoms with E-state index in [0.717, 1.165) is 39.6 Å². The van der Waals surface area contributed by atoms with Gasteiger partial charge in [0, 0.05) is 16.6 Å². The van der Waals surface area contributed by atoms with E-state index in [2.05, 4.69) is 6.92 Å². The first kappa shape index (κ1) is 14.9. The second-order valence-electron chi connectivity index (χ2n) is 5.03. The van der Waals surface area contributed by atoms with Crippen LogP contribution in [0.4, 0.5) is 0 Å². The molecule has 0 spiro atoms. The first-order valence-corrected chi connectivity index (χ1v) is 7.19. The molecule has 2 nitrogen and oxygen atoms in total. The van der Waals surface area contributed by atoms with Gasteiger partial charge in [0.2, 0.25) is 0 Å². The molecule has 0 aliphatic heterocycles. The smallest absolute Gasteiger partial charge is 0.132 e. The van der Waals surface area contributed by atoms with Crippen molar-refractivity contribution in [1.29, 1.82) is 0 Å². The van der Waals surface area contributed by atoms with Gasteiger partial charge in [-0.1, -0.05) is 36.7 Å². The molecule has 106 valence electrons. The molecule has 0 fully saturated rings. The van der Waals surface area contributed by atoms with Gasteiger partial charge in [0.1, 0.15) is 11.5 Å². The maximum absolute atomic E-state index is 6.18. The molecule has 0 aromatic heterocycles. The molecule has 0 radical (unpaired) electrons. The summed E-state index contributed by atoms with van der Waals surface area (Å²) in [7, 11) is 0. The van der Waals surface area contributed by atoms with E-state index >= 15 is 0 Å². The topological polar surface area (TPSA) is 35.2 Å². The van der Waals surface area contributed by atoms with E-state index < -0.39 is 0 Å². The highest BCUT2D eigenvalue weighted by molar-refractivity contribution is 6.32. The van der Waals surface area contributed by atoms with E-state index in [0.29, 0.717) is 0 Å². The third-order valence-electron chi connectivity index (χ3n) is 3.40. The summed E-state index contributed by atoms with van der Waals surface area (Å²) in [5.74, 6) is 1.60. The number of nitrogens with two attached hydrogens (primary N) is 1. The molecule has 0 unspecified atom stereocenters. The van der Waals surface area contributed by atoms with Gasteiger partial charge in [0.25, 0.3) is 0 Å². The standard InChI is InChI=1S/C17H20ClNO/c1-4-15(19)14-7-5-6-8-16(14)20-13-9-11(2)17(18)12(3)10-13/h5-10,15H,4,19H2,1-3H3/t15-/m0/s1. The number of ether oxygens (including phenoxy) is 1. The Balaban J connectivity index is 2.35. The normalized spacial score (nSPS) is 12.2. The number of aryl methyl sites for hydroxylation is 2. The Kier molecular flexibility index (Phi) is 4.69. The van der Waals surface area contributed by atoms with Crippen LogP contribution in [0.5, 0.6) is 11.5 Å². The second kappa shape index (κ2) is 6.29. The van der Waals surface area contributed by atoms with Gasteiger partial charge in [-0.15, -0.1) is 0 Å². The molecule has 3 heteroatoms. The van der Waals surface area contributed by atoms with Crippen molar-refractivity contribution in [3.05, 3.63) is 58.1 Å². The summed E-state index contributed by atoms with van der Waals surface area (Å²) in [6.07, 6.45) is 0.874. The lowest BCUT2D eigenvalue weighted by molar-refractivity contribution is 0.468. The fraction of sp³-hybridized carbons (Fsp3) is 0.294. The van der Waals surface area contributed by atoms with Crippen molar-refractivity contribution in [1.82, 2.24) is 0 Å². The van der Waals surface area contributed by atoms with Crippen LogP contribution < -0.4 is 10.5 Å². The monoisotopic (exact) mass is 289 g/mol. The molecule has 0 saturated heterocycles. The van der Waals surface area contributed by atoms with Crippen molar-refractivity contribution in [2.24, 2.45) is 5.73 Å². The summed E-state index contributed by atoms with van der Waals surface area (Å²) in [6.45, 7) is 6.02. The number of hydrogen-bond donors (Lipinski definition) is 1. The molecule has 0 aliphatic carbocycles. The third kappa shape index (κ3) is 3.14. The Hall–Kier alpha value is -1.51. The zero-order chi connectivity index (χ0) is 14.7. The van der Waals surface area contributed by atoms with E-state index in [9.17, 15) is 0 Å². The molecule has 0 heterocycles. The van der Waals surface area contributed by atoms with Gasteiger partial charge < -0.3 is 10.5 Å². The molecule has 0 aliphatic rings. The van der Waals surface area contributed by atoms with Crippen molar-refractivity contribution in [2.45, 2.75) is 33.2 Å². The zero-order valence-corrected chi connectivity index (χ0v) is 12.9. The first-order valence-electron chi connectivity index (χ1n) is 6.82. The van der Waals surface area contributed by atoms with Crippen LogP contribution in [0.15, 0.2) is 36.4 Å². The highest BCUT2D eigenvalue weighted by Crippen LogP contribution is 2.32. The number of hydrogen-bond acceptors (Lipinski definition) is 2. The summed E-state index contributed by atoms with van der Waals surface area (Å²) in [4.78, 5) is 0. The maximum atomic E-state index is 6.18. The van der Waals surface area contributed by atoms with Crippen LogP contribution in [0, 0.1) is 13.8 Å². The minimum Gasteiger partial charge on any atom is -0.457 e. The van der Waals surface area contributed by atoms with Gasteiger partial charge in [-0.25, -0.2) is 0 Å². The first-order chi connectivity index (χ1) is 9.52. The molecule has 1 atom stereocenters. The fourth-order valence-corrected chi connectivity index (χ4v) is 2.30. The van der Waals surface area contributed by atoms with Gasteiger partial charge in [-0.05, 0) is 49.6 Å². The highest BCUT2D eigenvalue weighted by atomic mass is 35.5. The third-order valence-corrected chi connectivity index (χ3v) is 3.99. The van der Waals surface area contributed by atoms with Gasteiger partial charge in [-0.2, -0.15) is 0 Å². The van der Waals surface area contributed by atoms with E-state index in [-0.39, 0.29) is 6.04 Å². The highest BCUT2D eigenvalue weighted by Gasteiger charge is 2.11. The van der Waals surface area contributed by atoms with Gasteiger partial charge >= 0.3 is 0 Å². The van der Waals surface area contributed by atoms with Crippen molar-refractivity contribution < 1.29 is 4.74 Å². The molecule has 20 heavy (non-hydrogen) atoms. The number of benzene rings is 2. The zero-order valence-electron chi connectivity index (χ0n) is 12.1. The Morgan fingerprint density at radius 3 is 2.35 bits per heavy atom. The fourth-order valence-electron chi connectivity index (χ4n) is 2.19. The summed E-state index contributed by atoms with van der Waals surface area (Å²) in [5, 5.41) is 0.788. The summed E-state index contributed by atoms with van der Waals surface area (Å²) < 4.78 is 6.01. The lowest BCUT2D eigenvalue weighted by atomic mass is 10.0. The molecular weight excluding hydrogens is 270 g/mol. The van der Waals surface area contributed by atoms with Crippen molar-refractivity contribution in [3.8, 4) is 11.5 Å². The average Bonchev–Trinajstić information content (AvgIpc) is 2.44. The molecule has 2 rings (SSSR count). The van der Waals surface area contributed by atoms with E-state index in [1.807, 2.05) is 50.2 Å². The number of rotatable bonds is 4. The Labute approximate surface area is 125 Å². The van der Waals surface area contributed by atoms with Crippen molar-refractivity contribution in [2.75, 3.05) is 0 Å². The Bertz CT molecular complexity index is 587. The maximum Gasteiger partial charge on any atom is 0.132 e. The second-order valence-corrected chi connectivity index (χ2v) is 5.40. The van der Waals surface area contributed by atoms with Crippen LogP contribution >= 0.6 is 11.6 Å². The van der Waals surface area contributed by atoms with Crippen LogP contribution in [-0.2, 0) is 0 Å². The Morgan fingerprint density at radius 2 is 1.75 bits per heavy atom. The molecule has 0 amide bonds. The largest absolute Gasteiger partial charge is 0.457 e. The van der Waals surface area contributed by atoms with Crippen LogP contribution in [0.25, 0.3) is 0 Å². The Morgan fingerprint density at radius 1 is 1.15 bits per heavy atom. The van der Waals surface area contributed by atoms with Gasteiger partial charge in [0.05, 0.1) is 0 Å². The molecule has 0 bridgehead atoms. The lowest BCUT2D eigenvalue weighted by Crippen LogP contribution is -2.09. The summed E-state index contributed by atoms with van der Waals surface area (Å²) in [5.41, 5.74) is 9.19. The molecule has 2 aromatic carbocycles. The van der Waals surface area contributed by atoms with E-state index in [1.165, 1.54) is 0 Å². The van der Waals surface area contributed by atoms with Crippen molar-refractivity contribution in [3.63, 3.8) is 0 Å². The summed E-state index contributed by atoms with van der Waals surface area (Å²) >= 11 is 6.18. The summed E-state index contributed by atoms with van der Waals surface area (Å²) in [6, 6.07) is 11.8. The predicted molar refractivity (Wildman–Crippen MR) is 84.7 cm³/mol. The van der Waals surface area contributed by atoms with Crippen LogP contribution in [0.1, 0.15) is 36.1 Å². The molecule has 2 aromatic rings. The number of para-hydroxylation sites is 1. The van der Waals surface area contributed by atoms with Crippen LogP contribution in [0.3, 0.4) is 0 Å². The molecule has 2 N–H and O–H groups in total. The quantitative estimate of drug-likeness (QED) is 0.844. The number of halogens is 1. The minimum atomic E-state index is -0.0132. The lowest BCUT2D eigenvalue weighted by Gasteiger charge is -2.16. The molecule has 0 saturated carbocycles. The minimum absolute atomic E-state index is 0.0132. The predicted octanol–water partition coefficient (Wildman–Crippen LogP) is 5.16. The van der Waals surface area contributed by atoms with Crippen molar-refractivity contribution >= 4 is 11.6 Å². The average molecular weight is 290 g/mol. The van der Waals surface area contributed by atoms with Gasteiger partial charge in [-0.3, -0.25) is 0 Å². The van der Waals surface area contributed by atoms with Crippen LogP contribution in [-0.4, -0.2) is 0 Å². The van der Waals surface area contributed by atoms with E-state index in [4.69, 9.17) is 22.1 Å². The van der Waals surface area contributed by atoms with Crippen LogP contribution in [0.2, 0.25) is 5.02 Å². The van der Waals surface area contributed by atoms with Gasteiger partial charge in [0.15, 0.2) is 0 Å². The SMILES string of the molecule is CC[C@H](N)c1ccccc1Oc1cc(C)c(Cl)c(C)c1. The van der Waals surface area contributed by atoms with E-state index in [1.54, 1.807) is 0 Å². The molecular formula is C17H20ClNO.